The minimum absolute atomic E-state index is 0.252. The van der Waals surface area contributed by atoms with Crippen molar-refractivity contribution in [3.05, 3.63) is 22.5 Å². The van der Waals surface area contributed by atoms with Crippen LogP contribution in [0.4, 0.5) is 5.82 Å². The van der Waals surface area contributed by atoms with Crippen molar-refractivity contribution in [1.82, 2.24) is 10.2 Å². The van der Waals surface area contributed by atoms with Gasteiger partial charge in [-0.3, -0.25) is 14.4 Å². The summed E-state index contributed by atoms with van der Waals surface area (Å²) in [4.78, 5) is 33.4. The number of amides is 1. The maximum Gasteiger partial charge on any atom is 0.306 e. The Morgan fingerprint density at radius 1 is 1.33 bits per heavy atom. The van der Waals surface area contributed by atoms with Crippen molar-refractivity contribution in [1.29, 1.82) is 0 Å². The number of rotatable bonds is 3. The van der Waals surface area contributed by atoms with Crippen LogP contribution < -0.4 is 10.9 Å². The first-order valence-corrected chi connectivity index (χ1v) is 5.65. The van der Waals surface area contributed by atoms with Crippen LogP contribution in [0.25, 0.3) is 0 Å². The first kappa shape index (κ1) is 12.3. The third-order valence-corrected chi connectivity index (χ3v) is 3.08. The molecule has 1 fully saturated rings. The number of aromatic nitrogens is 2. The highest BCUT2D eigenvalue weighted by Gasteiger charge is 2.33. The highest BCUT2D eigenvalue weighted by molar-refractivity contribution is 5.92. The zero-order valence-electron chi connectivity index (χ0n) is 9.55. The normalized spacial score (nSPS) is 22.7. The molecule has 18 heavy (non-hydrogen) atoms. The molecule has 0 bridgehead atoms. The Bertz CT molecular complexity index is 505. The molecule has 1 aromatic rings. The standard InChI is InChI=1S/C11H13N3O4/c15-9-4-3-8(13-14-9)12-10(16)6-1-2-7(5-6)11(17)18/h3-4,6-7H,1-2,5H2,(H,14,15)(H,17,18)(H,12,13,16)/t6-,7+/m1/s1. The van der Waals surface area contributed by atoms with Gasteiger partial charge in [-0.2, -0.15) is 5.10 Å². The predicted molar refractivity (Wildman–Crippen MR) is 62.0 cm³/mol. The van der Waals surface area contributed by atoms with E-state index < -0.39 is 11.9 Å². The molecule has 2 rings (SSSR count). The summed E-state index contributed by atoms with van der Waals surface area (Å²) >= 11 is 0. The van der Waals surface area contributed by atoms with Crippen LogP contribution in [0.1, 0.15) is 19.3 Å². The number of carbonyl (C=O) groups excluding carboxylic acids is 1. The van der Waals surface area contributed by atoms with Gasteiger partial charge in [0.2, 0.25) is 5.91 Å². The van der Waals surface area contributed by atoms with Gasteiger partial charge in [-0.05, 0) is 25.3 Å². The molecule has 3 N–H and O–H groups in total. The average molecular weight is 251 g/mol. The number of carbonyl (C=O) groups is 2. The van der Waals surface area contributed by atoms with Gasteiger partial charge in [0, 0.05) is 12.0 Å². The number of carboxylic acids is 1. The van der Waals surface area contributed by atoms with E-state index in [1.165, 1.54) is 12.1 Å². The molecule has 0 unspecified atom stereocenters. The second-order valence-electron chi connectivity index (χ2n) is 4.34. The van der Waals surface area contributed by atoms with Crippen LogP contribution in [0, 0.1) is 11.8 Å². The fourth-order valence-electron chi connectivity index (χ4n) is 2.09. The van der Waals surface area contributed by atoms with Crippen LogP contribution in [-0.2, 0) is 9.59 Å². The van der Waals surface area contributed by atoms with E-state index in [-0.39, 0.29) is 23.2 Å². The molecule has 0 spiro atoms. The van der Waals surface area contributed by atoms with Crippen molar-refractivity contribution in [2.24, 2.45) is 11.8 Å². The van der Waals surface area contributed by atoms with Gasteiger partial charge in [-0.1, -0.05) is 0 Å². The molecule has 7 nitrogen and oxygen atoms in total. The summed E-state index contributed by atoms with van der Waals surface area (Å²) in [6.07, 6.45) is 1.43. The molecule has 1 amide bonds. The number of nitrogens with zero attached hydrogens (tertiary/aromatic N) is 1. The fraction of sp³-hybridized carbons (Fsp3) is 0.455. The highest BCUT2D eigenvalue weighted by atomic mass is 16.4. The zero-order valence-corrected chi connectivity index (χ0v) is 9.55. The molecular formula is C11H13N3O4. The maximum absolute atomic E-state index is 11.8. The van der Waals surface area contributed by atoms with E-state index in [2.05, 4.69) is 15.5 Å². The van der Waals surface area contributed by atoms with E-state index in [4.69, 9.17) is 5.11 Å². The van der Waals surface area contributed by atoms with Gasteiger partial charge in [0.15, 0.2) is 5.82 Å². The Morgan fingerprint density at radius 3 is 2.61 bits per heavy atom. The van der Waals surface area contributed by atoms with Crippen LogP contribution in [0.3, 0.4) is 0 Å². The quantitative estimate of drug-likeness (QED) is 0.710. The topological polar surface area (TPSA) is 112 Å². The Balaban J connectivity index is 1.95. The van der Waals surface area contributed by atoms with Crippen LogP contribution in [0.15, 0.2) is 16.9 Å². The second-order valence-corrected chi connectivity index (χ2v) is 4.34. The van der Waals surface area contributed by atoms with Gasteiger partial charge in [-0.25, -0.2) is 5.10 Å². The molecule has 2 atom stereocenters. The van der Waals surface area contributed by atoms with Crippen LogP contribution in [-0.4, -0.2) is 27.2 Å². The Hall–Kier alpha value is -2.18. The predicted octanol–water partition coefficient (Wildman–Crippen LogP) is 0.209. The van der Waals surface area contributed by atoms with Gasteiger partial charge in [0.05, 0.1) is 5.92 Å². The minimum atomic E-state index is -0.854. The highest BCUT2D eigenvalue weighted by Crippen LogP contribution is 2.31. The number of anilines is 1. The first-order chi connectivity index (χ1) is 8.56. The first-order valence-electron chi connectivity index (χ1n) is 5.65. The molecule has 7 heteroatoms. The van der Waals surface area contributed by atoms with E-state index >= 15 is 0 Å². The Morgan fingerprint density at radius 2 is 2.06 bits per heavy atom. The van der Waals surface area contributed by atoms with Gasteiger partial charge >= 0.3 is 5.97 Å². The summed E-state index contributed by atoms with van der Waals surface area (Å²) in [5.41, 5.74) is -0.347. The van der Waals surface area contributed by atoms with Crippen molar-refractivity contribution in [2.45, 2.75) is 19.3 Å². The third kappa shape index (κ3) is 2.73. The van der Waals surface area contributed by atoms with Gasteiger partial charge < -0.3 is 10.4 Å². The number of nitrogens with one attached hydrogen (secondary N) is 2. The van der Waals surface area contributed by atoms with Crippen LogP contribution in [0.5, 0.6) is 0 Å². The SMILES string of the molecule is O=C(O)[C@H]1CC[C@@H](C(=O)Nc2ccc(=O)[nH]n2)C1. The van der Waals surface area contributed by atoms with Gasteiger partial charge in [0.25, 0.3) is 5.56 Å². The summed E-state index contributed by atoms with van der Waals surface area (Å²) < 4.78 is 0. The lowest BCUT2D eigenvalue weighted by atomic mass is 10.0. The van der Waals surface area contributed by atoms with Crippen LogP contribution >= 0.6 is 0 Å². The Kier molecular flexibility index (Phi) is 3.40. The lowest BCUT2D eigenvalue weighted by Gasteiger charge is -2.09. The number of hydrogen-bond acceptors (Lipinski definition) is 4. The van der Waals surface area contributed by atoms with Crippen molar-refractivity contribution in [3.8, 4) is 0 Å². The van der Waals surface area contributed by atoms with Gasteiger partial charge in [-0.15, -0.1) is 0 Å². The molecule has 0 aliphatic heterocycles. The monoisotopic (exact) mass is 251 g/mol. The molecule has 1 saturated carbocycles. The lowest BCUT2D eigenvalue weighted by molar-refractivity contribution is -0.141. The molecule has 96 valence electrons. The van der Waals surface area contributed by atoms with Crippen molar-refractivity contribution in [2.75, 3.05) is 5.32 Å². The minimum Gasteiger partial charge on any atom is -0.481 e. The maximum atomic E-state index is 11.8. The molecule has 1 heterocycles. The molecule has 0 saturated heterocycles. The third-order valence-electron chi connectivity index (χ3n) is 3.08. The number of hydrogen-bond donors (Lipinski definition) is 3. The van der Waals surface area contributed by atoms with E-state index in [9.17, 15) is 14.4 Å². The van der Waals surface area contributed by atoms with Crippen molar-refractivity contribution in [3.63, 3.8) is 0 Å². The van der Waals surface area contributed by atoms with Crippen molar-refractivity contribution < 1.29 is 14.7 Å². The van der Waals surface area contributed by atoms with E-state index in [1.807, 2.05) is 0 Å². The van der Waals surface area contributed by atoms with Crippen molar-refractivity contribution >= 4 is 17.7 Å². The summed E-state index contributed by atoms with van der Waals surface area (Å²) in [5.74, 6) is -1.59. The summed E-state index contributed by atoms with van der Waals surface area (Å²) in [6, 6.07) is 2.66. The van der Waals surface area contributed by atoms with Gasteiger partial charge in [0.1, 0.15) is 0 Å². The summed E-state index contributed by atoms with van der Waals surface area (Å²) in [5, 5.41) is 17.3. The molecule has 1 aliphatic rings. The number of aromatic amines is 1. The Labute approximate surface area is 102 Å². The number of carboxylic acid groups (broad SMARTS) is 1. The number of aliphatic carboxylic acids is 1. The lowest BCUT2D eigenvalue weighted by Crippen LogP contribution is -2.23. The molecule has 1 aromatic heterocycles. The largest absolute Gasteiger partial charge is 0.481 e. The molecule has 0 radical (unpaired) electrons. The average Bonchev–Trinajstić information content (AvgIpc) is 2.81. The van der Waals surface area contributed by atoms with E-state index in [0.717, 1.165) is 0 Å². The van der Waals surface area contributed by atoms with E-state index in [1.54, 1.807) is 0 Å². The zero-order chi connectivity index (χ0) is 13.1. The smallest absolute Gasteiger partial charge is 0.306 e. The fourth-order valence-corrected chi connectivity index (χ4v) is 2.09. The summed E-state index contributed by atoms with van der Waals surface area (Å²) in [7, 11) is 0. The van der Waals surface area contributed by atoms with Crippen LogP contribution in [0.2, 0.25) is 0 Å². The molecule has 0 aromatic carbocycles. The van der Waals surface area contributed by atoms with E-state index in [0.29, 0.717) is 19.3 Å². The molecular weight excluding hydrogens is 238 g/mol. The number of H-pyrrole nitrogens is 1. The molecule has 1 aliphatic carbocycles. The second kappa shape index (κ2) is 4.99. The summed E-state index contributed by atoms with van der Waals surface area (Å²) in [6.45, 7) is 0.